The first kappa shape index (κ1) is 16.3. The van der Waals surface area contributed by atoms with Gasteiger partial charge in [-0.15, -0.1) is 0 Å². The zero-order valence-corrected chi connectivity index (χ0v) is 15.0. The lowest BCUT2D eigenvalue weighted by Gasteiger charge is -2.10. The number of benzene rings is 2. The SMILES string of the molecule is COc1cc2c[n+]3ccc4ccccc4c3c(N)c2cc1OC.[Br-]. The Morgan fingerprint density at radius 1 is 0.875 bits per heavy atom. The van der Waals surface area contributed by atoms with E-state index in [1.54, 1.807) is 14.2 Å². The smallest absolute Gasteiger partial charge is 0.242 e. The van der Waals surface area contributed by atoms with E-state index >= 15 is 0 Å². The van der Waals surface area contributed by atoms with E-state index in [9.17, 15) is 0 Å². The Balaban J connectivity index is 0.00000169. The molecule has 4 rings (SSSR count). The first-order chi connectivity index (χ1) is 11.2. The molecule has 0 spiro atoms. The number of nitrogen functional groups attached to an aromatic ring is 1. The van der Waals surface area contributed by atoms with Gasteiger partial charge in [-0.2, -0.15) is 4.40 Å². The number of halogens is 1. The van der Waals surface area contributed by atoms with Crippen molar-refractivity contribution in [3.63, 3.8) is 0 Å². The molecule has 5 heteroatoms. The molecule has 0 saturated heterocycles. The maximum Gasteiger partial charge on any atom is 0.242 e. The first-order valence-electron chi connectivity index (χ1n) is 7.40. The van der Waals surface area contributed by atoms with Crippen molar-refractivity contribution in [3.05, 3.63) is 54.9 Å². The number of aromatic nitrogens is 1. The van der Waals surface area contributed by atoms with Gasteiger partial charge in [-0.3, -0.25) is 0 Å². The fraction of sp³-hybridized carbons (Fsp3) is 0.105. The maximum atomic E-state index is 6.52. The molecule has 0 radical (unpaired) electrons. The summed E-state index contributed by atoms with van der Waals surface area (Å²) in [7, 11) is 3.26. The number of methoxy groups -OCH3 is 2. The van der Waals surface area contributed by atoms with Gasteiger partial charge >= 0.3 is 0 Å². The molecular weight excluding hydrogens is 368 g/mol. The Morgan fingerprint density at radius 3 is 2.33 bits per heavy atom. The van der Waals surface area contributed by atoms with Crippen LogP contribution in [-0.2, 0) is 0 Å². The molecule has 0 aliphatic carbocycles. The van der Waals surface area contributed by atoms with Crippen molar-refractivity contribution in [3.8, 4) is 11.5 Å². The summed E-state index contributed by atoms with van der Waals surface area (Å²) in [5, 5.41) is 4.26. The van der Waals surface area contributed by atoms with Crippen LogP contribution in [0.3, 0.4) is 0 Å². The van der Waals surface area contributed by atoms with Gasteiger partial charge in [-0.05, 0) is 23.6 Å². The largest absolute Gasteiger partial charge is 1.00 e. The van der Waals surface area contributed by atoms with Crippen LogP contribution in [0.1, 0.15) is 0 Å². The molecule has 4 aromatic rings. The van der Waals surface area contributed by atoms with Gasteiger partial charge in [0.15, 0.2) is 23.9 Å². The molecule has 0 fully saturated rings. The molecule has 122 valence electrons. The molecule has 4 nitrogen and oxygen atoms in total. The summed E-state index contributed by atoms with van der Waals surface area (Å²) in [5.41, 5.74) is 8.26. The monoisotopic (exact) mass is 384 g/mol. The van der Waals surface area contributed by atoms with Crippen molar-refractivity contribution >= 4 is 32.7 Å². The minimum Gasteiger partial charge on any atom is -1.00 e. The maximum absolute atomic E-state index is 6.52. The van der Waals surface area contributed by atoms with Crippen molar-refractivity contribution in [1.29, 1.82) is 0 Å². The van der Waals surface area contributed by atoms with E-state index in [2.05, 4.69) is 28.8 Å². The summed E-state index contributed by atoms with van der Waals surface area (Å²) in [6, 6.07) is 14.2. The minimum absolute atomic E-state index is 0. The fourth-order valence-electron chi connectivity index (χ4n) is 3.14. The molecule has 2 heterocycles. The van der Waals surface area contributed by atoms with E-state index in [1.165, 1.54) is 5.39 Å². The second kappa shape index (κ2) is 6.17. The van der Waals surface area contributed by atoms with Crippen LogP contribution < -0.4 is 36.6 Å². The van der Waals surface area contributed by atoms with Gasteiger partial charge in [0, 0.05) is 11.5 Å². The number of nitrogens with two attached hydrogens (primary N) is 1. The molecule has 0 saturated carbocycles. The number of anilines is 1. The highest BCUT2D eigenvalue weighted by molar-refractivity contribution is 6.07. The lowest BCUT2D eigenvalue weighted by atomic mass is 10.0. The van der Waals surface area contributed by atoms with E-state index < -0.39 is 0 Å². The lowest BCUT2D eigenvalue weighted by molar-refractivity contribution is -0.508. The highest BCUT2D eigenvalue weighted by atomic mass is 79.9. The van der Waals surface area contributed by atoms with Gasteiger partial charge in [0.25, 0.3) is 0 Å². The number of rotatable bonds is 2. The number of hydrogen-bond acceptors (Lipinski definition) is 3. The van der Waals surface area contributed by atoms with E-state index in [1.807, 2.05) is 30.5 Å². The third-order valence-electron chi connectivity index (χ3n) is 4.27. The fourth-order valence-corrected chi connectivity index (χ4v) is 3.14. The molecular formula is C19H17BrN2O2. The molecule has 0 aliphatic rings. The number of nitrogens with zero attached hydrogens (tertiary/aromatic N) is 1. The number of fused-ring (bicyclic) bond motifs is 4. The van der Waals surface area contributed by atoms with E-state index in [0.717, 1.165) is 27.4 Å². The third kappa shape index (κ3) is 2.32. The van der Waals surface area contributed by atoms with Gasteiger partial charge < -0.3 is 32.2 Å². The number of hydrogen-bond donors (Lipinski definition) is 1. The minimum atomic E-state index is 0. The molecule has 0 unspecified atom stereocenters. The second-order valence-electron chi connectivity index (χ2n) is 5.50. The zero-order valence-electron chi connectivity index (χ0n) is 13.4. The van der Waals surface area contributed by atoms with Crippen LogP contribution in [0.25, 0.3) is 27.1 Å². The van der Waals surface area contributed by atoms with Crippen molar-refractivity contribution in [2.24, 2.45) is 0 Å². The van der Waals surface area contributed by atoms with Crippen LogP contribution >= 0.6 is 0 Å². The van der Waals surface area contributed by atoms with Gasteiger partial charge in [-0.25, -0.2) is 0 Å². The third-order valence-corrected chi connectivity index (χ3v) is 4.27. The lowest BCUT2D eigenvalue weighted by Crippen LogP contribution is -3.00. The number of pyridine rings is 2. The van der Waals surface area contributed by atoms with Crippen LogP contribution in [-0.4, -0.2) is 14.2 Å². The Kier molecular flexibility index (Phi) is 4.20. The van der Waals surface area contributed by atoms with Gasteiger partial charge in [0.2, 0.25) is 5.52 Å². The van der Waals surface area contributed by atoms with Crippen LogP contribution in [0.15, 0.2) is 54.9 Å². The Morgan fingerprint density at radius 2 is 1.58 bits per heavy atom. The summed E-state index contributed by atoms with van der Waals surface area (Å²) in [5.74, 6) is 1.37. The highest BCUT2D eigenvalue weighted by Gasteiger charge is 2.17. The molecule has 0 amide bonds. The average Bonchev–Trinajstić information content (AvgIpc) is 2.60. The van der Waals surface area contributed by atoms with Crippen LogP contribution in [0.4, 0.5) is 5.69 Å². The Hall–Kier alpha value is -2.53. The molecule has 2 aromatic carbocycles. The first-order valence-corrected chi connectivity index (χ1v) is 7.40. The molecule has 2 aromatic heterocycles. The second-order valence-corrected chi connectivity index (χ2v) is 5.50. The molecule has 0 bridgehead atoms. The van der Waals surface area contributed by atoms with Crippen molar-refractivity contribution in [1.82, 2.24) is 0 Å². The van der Waals surface area contributed by atoms with Gasteiger partial charge in [0.1, 0.15) is 5.69 Å². The zero-order chi connectivity index (χ0) is 16.0. The molecule has 0 atom stereocenters. The Bertz CT molecular complexity index is 1060. The van der Waals surface area contributed by atoms with E-state index in [-0.39, 0.29) is 17.0 Å². The van der Waals surface area contributed by atoms with Crippen molar-refractivity contribution in [2.45, 2.75) is 0 Å². The summed E-state index contributed by atoms with van der Waals surface area (Å²) in [4.78, 5) is 0. The summed E-state index contributed by atoms with van der Waals surface area (Å²) >= 11 is 0. The van der Waals surface area contributed by atoms with Crippen LogP contribution in [0, 0.1) is 0 Å². The molecule has 24 heavy (non-hydrogen) atoms. The molecule has 2 N–H and O–H groups in total. The summed E-state index contributed by atoms with van der Waals surface area (Å²) in [6.45, 7) is 0. The standard InChI is InChI=1S/C19H17N2O2.BrH/c1-22-16-9-13-11-21-8-7-12-5-3-4-6-14(12)19(21)18(20)15(13)10-17(16)23-2;/h3-11H,20H2,1-2H3;1H/q+1;/p-1. The normalized spacial score (nSPS) is 10.8. The van der Waals surface area contributed by atoms with Crippen molar-refractivity contribution in [2.75, 3.05) is 20.0 Å². The van der Waals surface area contributed by atoms with E-state index in [4.69, 9.17) is 15.2 Å². The molecule has 0 aliphatic heterocycles. The predicted octanol–water partition coefficient (Wildman–Crippen LogP) is 0.335. The van der Waals surface area contributed by atoms with Gasteiger partial charge in [0.05, 0.1) is 25.0 Å². The predicted molar refractivity (Wildman–Crippen MR) is 92.1 cm³/mol. The van der Waals surface area contributed by atoms with Crippen LogP contribution in [0.2, 0.25) is 0 Å². The quantitative estimate of drug-likeness (QED) is 0.308. The van der Waals surface area contributed by atoms with Crippen LogP contribution in [0.5, 0.6) is 11.5 Å². The van der Waals surface area contributed by atoms with Crippen molar-refractivity contribution < 1.29 is 30.9 Å². The average molecular weight is 385 g/mol. The summed E-state index contributed by atoms with van der Waals surface area (Å²) in [6.07, 6.45) is 4.10. The highest BCUT2D eigenvalue weighted by Crippen LogP contribution is 2.36. The van der Waals surface area contributed by atoms with E-state index in [0.29, 0.717) is 11.5 Å². The Labute approximate surface area is 150 Å². The number of ether oxygens (including phenoxy) is 2. The topological polar surface area (TPSA) is 48.6 Å². The summed E-state index contributed by atoms with van der Waals surface area (Å²) < 4.78 is 12.9. The van der Waals surface area contributed by atoms with Gasteiger partial charge in [-0.1, -0.05) is 18.2 Å².